The summed E-state index contributed by atoms with van der Waals surface area (Å²) in [6.07, 6.45) is 6.13. The summed E-state index contributed by atoms with van der Waals surface area (Å²) in [7, 11) is 3.24. The molecule has 3 heterocycles. The lowest BCUT2D eigenvalue weighted by Crippen LogP contribution is -2.20. The SMILES string of the molecule is CC.COc1ccc(NC(=O)C2CC2)cc1.COc1cnc(N2CCCC2)nc1Nc1n[nH]c2ccccc12. The van der Waals surface area contributed by atoms with Crippen LogP contribution in [-0.4, -0.2) is 53.4 Å². The number of aromatic amines is 1. The van der Waals surface area contributed by atoms with Crippen molar-refractivity contribution in [1.29, 1.82) is 0 Å². The first kappa shape index (κ1) is 27.7. The number of anilines is 4. The molecule has 4 aromatic rings. The lowest BCUT2D eigenvalue weighted by molar-refractivity contribution is -0.117. The van der Waals surface area contributed by atoms with Gasteiger partial charge in [-0.15, -0.1) is 0 Å². The third-order valence-corrected chi connectivity index (χ3v) is 6.36. The van der Waals surface area contributed by atoms with E-state index in [1.807, 2.05) is 62.4 Å². The van der Waals surface area contributed by atoms with Crippen LogP contribution in [0.3, 0.4) is 0 Å². The number of rotatable bonds is 7. The molecule has 0 unspecified atom stereocenters. The number of nitrogens with zero attached hydrogens (tertiary/aromatic N) is 4. The number of methoxy groups -OCH3 is 2. The Morgan fingerprint density at radius 3 is 2.36 bits per heavy atom. The Bertz CT molecular complexity index is 1350. The standard InChI is InChI=1S/C16H18N6O.C11H13NO2.C2H6/c1-23-13-10-17-16(22-8-4-5-9-22)19-15(13)18-14-11-6-2-3-7-12(11)20-21-14;1-14-10-6-4-9(5-7-10)12-11(13)8-2-3-8;1-2/h2-3,6-7,10H,4-5,8-9H2,1H3,(H2,17,18,19,20,21);4-8H,2-3H2,1H3,(H,12,13);1-2H3. The van der Waals surface area contributed by atoms with Crippen LogP contribution >= 0.6 is 0 Å². The van der Waals surface area contributed by atoms with Crippen LogP contribution in [0.1, 0.15) is 39.5 Å². The van der Waals surface area contributed by atoms with Crippen molar-refractivity contribution in [2.75, 3.05) is 42.8 Å². The van der Waals surface area contributed by atoms with E-state index in [0.717, 1.165) is 60.0 Å². The Labute approximate surface area is 229 Å². The van der Waals surface area contributed by atoms with E-state index in [0.29, 0.717) is 11.6 Å². The lowest BCUT2D eigenvalue weighted by atomic mass is 10.2. The molecule has 1 aliphatic heterocycles. The highest BCUT2D eigenvalue weighted by molar-refractivity contribution is 5.94. The van der Waals surface area contributed by atoms with Gasteiger partial charge in [0.25, 0.3) is 0 Å². The maximum Gasteiger partial charge on any atom is 0.227 e. The van der Waals surface area contributed by atoms with E-state index in [2.05, 4.69) is 35.7 Å². The molecule has 0 bridgehead atoms. The first-order chi connectivity index (χ1) is 19.1. The minimum Gasteiger partial charge on any atom is -0.497 e. The van der Waals surface area contributed by atoms with Gasteiger partial charge in [0.1, 0.15) is 5.75 Å². The first-order valence-corrected chi connectivity index (χ1v) is 13.5. The van der Waals surface area contributed by atoms with Gasteiger partial charge >= 0.3 is 0 Å². The number of para-hydroxylation sites is 1. The zero-order chi connectivity index (χ0) is 27.6. The van der Waals surface area contributed by atoms with E-state index >= 15 is 0 Å². The van der Waals surface area contributed by atoms with Crippen molar-refractivity contribution >= 4 is 40.1 Å². The number of amides is 1. The maximum atomic E-state index is 11.4. The number of nitrogens with one attached hydrogen (secondary N) is 3. The zero-order valence-electron chi connectivity index (χ0n) is 23.0. The minimum atomic E-state index is 0.134. The summed E-state index contributed by atoms with van der Waals surface area (Å²) in [5.41, 5.74) is 1.81. The quantitative estimate of drug-likeness (QED) is 0.275. The molecule has 2 fully saturated rings. The fraction of sp³-hybridized carbons (Fsp3) is 0.379. The molecule has 1 saturated carbocycles. The fourth-order valence-electron chi connectivity index (χ4n) is 4.10. The Morgan fingerprint density at radius 1 is 0.974 bits per heavy atom. The van der Waals surface area contributed by atoms with Crippen molar-refractivity contribution in [3.63, 3.8) is 0 Å². The van der Waals surface area contributed by atoms with Crippen molar-refractivity contribution in [2.45, 2.75) is 39.5 Å². The van der Waals surface area contributed by atoms with Crippen LogP contribution in [-0.2, 0) is 4.79 Å². The fourth-order valence-corrected chi connectivity index (χ4v) is 4.10. The number of H-pyrrole nitrogens is 1. The molecule has 2 aliphatic rings. The molecule has 206 valence electrons. The molecule has 3 N–H and O–H groups in total. The Morgan fingerprint density at radius 2 is 1.69 bits per heavy atom. The topological polar surface area (TPSA) is 117 Å². The van der Waals surface area contributed by atoms with E-state index in [1.165, 1.54) is 12.8 Å². The molecule has 10 heteroatoms. The second-order valence-electron chi connectivity index (χ2n) is 9.02. The Hall–Kier alpha value is -4.34. The van der Waals surface area contributed by atoms with Crippen molar-refractivity contribution in [1.82, 2.24) is 20.2 Å². The van der Waals surface area contributed by atoms with E-state index < -0.39 is 0 Å². The van der Waals surface area contributed by atoms with Crippen LogP contribution in [0.4, 0.5) is 23.3 Å². The molecule has 1 aliphatic carbocycles. The van der Waals surface area contributed by atoms with Crippen molar-refractivity contribution in [3.8, 4) is 11.5 Å². The number of aromatic nitrogens is 4. The molecular weight excluding hydrogens is 494 g/mol. The summed E-state index contributed by atoms with van der Waals surface area (Å²) in [5, 5.41) is 14.5. The van der Waals surface area contributed by atoms with Crippen molar-refractivity contribution in [2.24, 2.45) is 5.92 Å². The molecule has 2 aromatic carbocycles. The molecule has 0 radical (unpaired) electrons. The second-order valence-corrected chi connectivity index (χ2v) is 9.02. The smallest absolute Gasteiger partial charge is 0.227 e. The number of carbonyl (C=O) groups is 1. The van der Waals surface area contributed by atoms with Gasteiger partial charge in [0, 0.05) is 30.1 Å². The molecule has 10 nitrogen and oxygen atoms in total. The monoisotopic (exact) mass is 531 g/mol. The van der Waals surface area contributed by atoms with Gasteiger partial charge in [0.2, 0.25) is 11.9 Å². The van der Waals surface area contributed by atoms with Crippen LogP contribution in [0.25, 0.3) is 10.9 Å². The normalized spacial score (nSPS) is 14.0. The highest BCUT2D eigenvalue weighted by Crippen LogP contribution is 2.31. The predicted molar refractivity (Wildman–Crippen MR) is 155 cm³/mol. The molecule has 39 heavy (non-hydrogen) atoms. The highest BCUT2D eigenvalue weighted by Gasteiger charge is 2.29. The minimum absolute atomic E-state index is 0.134. The predicted octanol–water partition coefficient (Wildman–Crippen LogP) is 5.78. The number of ether oxygens (including phenoxy) is 2. The van der Waals surface area contributed by atoms with E-state index in [4.69, 9.17) is 9.47 Å². The largest absolute Gasteiger partial charge is 0.497 e. The summed E-state index contributed by atoms with van der Waals surface area (Å²) < 4.78 is 10.4. The third kappa shape index (κ3) is 7.16. The number of hydrogen-bond acceptors (Lipinski definition) is 8. The molecule has 0 spiro atoms. The van der Waals surface area contributed by atoms with Gasteiger partial charge < -0.3 is 25.0 Å². The summed E-state index contributed by atoms with van der Waals surface area (Å²) in [5.74, 6) is 3.86. The molecule has 2 aromatic heterocycles. The number of benzene rings is 2. The average Bonchev–Trinajstić information content (AvgIpc) is 3.55. The zero-order valence-corrected chi connectivity index (χ0v) is 23.0. The average molecular weight is 532 g/mol. The molecular formula is C29H37N7O3. The summed E-state index contributed by atoms with van der Waals surface area (Å²) in [4.78, 5) is 22.6. The van der Waals surface area contributed by atoms with Gasteiger partial charge in [-0.25, -0.2) is 4.98 Å². The van der Waals surface area contributed by atoms with Crippen molar-refractivity contribution in [3.05, 3.63) is 54.7 Å². The van der Waals surface area contributed by atoms with Gasteiger partial charge in [0.05, 0.1) is 25.9 Å². The lowest BCUT2D eigenvalue weighted by Gasteiger charge is -2.17. The molecule has 0 atom stereocenters. The first-order valence-electron chi connectivity index (χ1n) is 13.5. The number of hydrogen-bond donors (Lipinski definition) is 3. The Kier molecular flexibility index (Phi) is 9.55. The third-order valence-electron chi connectivity index (χ3n) is 6.36. The molecule has 1 amide bonds. The van der Waals surface area contributed by atoms with Crippen molar-refractivity contribution < 1.29 is 14.3 Å². The van der Waals surface area contributed by atoms with Crippen LogP contribution in [0.2, 0.25) is 0 Å². The van der Waals surface area contributed by atoms with Gasteiger partial charge in [-0.1, -0.05) is 26.0 Å². The van der Waals surface area contributed by atoms with Crippen LogP contribution in [0, 0.1) is 5.92 Å². The highest BCUT2D eigenvalue weighted by atomic mass is 16.5. The number of carbonyl (C=O) groups excluding carboxylic acids is 1. The second kappa shape index (κ2) is 13.5. The van der Waals surface area contributed by atoms with Gasteiger partial charge in [-0.2, -0.15) is 10.1 Å². The summed E-state index contributed by atoms with van der Waals surface area (Å²) in [6, 6.07) is 15.3. The summed E-state index contributed by atoms with van der Waals surface area (Å²) in [6.45, 7) is 5.99. The molecule has 1 saturated heterocycles. The van der Waals surface area contributed by atoms with E-state index in [-0.39, 0.29) is 11.8 Å². The van der Waals surface area contributed by atoms with Crippen LogP contribution in [0.15, 0.2) is 54.7 Å². The van der Waals surface area contributed by atoms with Gasteiger partial charge in [0.15, 0.2) is 17.4 Å². The van der Waals surface area contributed by atoms with Crippen LogP contribution < -0.4 is 25.0 Å². The van der Waals surface area contributed by atoms with Gasteiger partial charge in [-0.05, 0) is 62.1 Å². The maximum absolute atomic E-state index is 11.4. The molecule has 6 rings (SSSR count). The van der Waals surface area contributed by atoms with E-state index in [1.54, 1.807) is 20.4 Å². The Balaban J connectivity index is 0.000000189. The van der Waals surface area contributed by atoms with Gasteiger partial charge in [-0.3, -0.25) is 9.89 Å². The van der Waals surface area contributed by atoms with E-state index in [9.17, 15) is 4.79 Å². The summed E-state index contributed by atoms with van der Waals surface area (Å²) >= 11 is 0. The number of fused-ring (bicyclic) bond motifs is 1. The van der Waals surface area contributed by atoms with Crippen LogP contribution in [0.5, 0.6) is 11.5 Å².